The van der Waals surface area contributed by atoms with Gasteiger partial charge in [-0.3, -0.25) is 14.4 Å². The summed E-state index contributed by atoms with van der Waals surface area (Å²) < 4.78 is 4.61. The number of nitrogens with one attached hydrogen (secondary N) is 1. The van der Waals surface area contributed by atoms with Crippen LogP contribution in [0.4, 0.5) is 0 Å². The number of benzene rings is 2. The average Bonchev–Trinajstić information content (AvgIpc) is 2.70. The summed E-state index contributed by atoms with van der Waals surface area (Å²) in [5.74, 6) is -1.28. The molecule has 2 aromatic carbocycles. The van der Waals surface area contributed by atoms with Gasteiger partial charge in [-0.1, -0.05) is 48.5 Å². The summed E-state index contributed by atoms with van der Waals surface area (Å²) >= 11 is 0. The van der Waals surface area contributed by atoms with Crippen molar-refractivity contribution in [3.8, 4) is 0 Å². The maximum Gasteiger partial charge on any atom is 0.307 e. The first-order valence-corrected chi connectivity index (χ1v) is 8.80. The van der Waals surface area contributed by atoms with Gasteiger partial charge in [0.1, 0.15) is 0 Å². The van der Waals surface area contributed by atoms with E-state index in [4.69, 9.17) is 0 Å². The van der Waals surface area contributed by atoms with Crippen molar-refractivity contribution in [3.05, 3.63) is 71.3 Å². The van der Waals surface area contributed by atoms with Crippen LogP contribution in [0.2, 0.25) is 0 Å². The number of fused-ring (bicyclic) bond motifs is 1. The van der Waals surface area contributed by atoms with Gasteiger partial charge in [0.05, 0.1) is 25.5 Å². The van der Waals surface area contributed by atoms with Crippen molar-refractivity contribution in [3.63, 3.8) is 0 Å². The minimum Gasteiger partial charge on any atom is -0.469 e. The van der Waals surface area contributed by atoms with Gasteiger partial charge in [-0.25, -0.2) is 0 Å². The van der Waals surface area contributed by atoms with Crippen LogP contribution in [-0.2, 0) is 14.3 Å². The van der Waals surface area contributed by atoms with Gasteiger partial charge in [-0.15, -0.1) is 0 Å². The molecule has 1 heterocycles. The van der Waals surface area contributed by atoms with E-state index in [0.717, 1.165) is 5.56 Å². The molecule has 1 aliphatic rings. The van der Waals surface area contributed by atoms with Crippen molar-refractivity contribution in [1.82, 2.24) is 10.2 Å². The van der Waals surface area contributed by atoms with Crippen LogP contribution in [0.15, 0.2) is 54.6 Å². The summed E-state index contributed by atoms with van der Waals surface area (Å²) in [6, 6.07) is 16.3. The van der Waals surface area contributed by atoms with Crippen LogP contribution in [0.1, 0.15) is 39.9 Å². The number of esters is 1. The molecule has 0 saturated carbocycles. The largest absolute Gasteiger partial charge is 0.469 e. The molecule has 27 heavy (non-hydrogen) atoms. The van der Waals surface area contributed by atoms with Gasteiger partial charge in [0, 0.05) is 19.2 Å². The van der Waals surface area contributed by atoms with Gasteiger partial charge in [-0.05, 0) is 17.2 Å². The summed E-state index contributed by atoms with van der Waals surface area (Å²) in [5.41, 5.74) is 2.11. The zero-order chi connectivity index (χ0) is 19.4. The summed E-state index contributed by atoms with van der Waals surface area (Å²) in [6.45, 7) is 0.184. The average molecular weight is 366 g/mol. The van der Waals surface area contributed by atoms with Crippen LogP contribution < -0.4 is 5.32 Å². The topological polar surface area (TPSA) is 75.7 Å². The SMILES string of the molecule is COC(=O)CCNC(=O)[C@H]1c2ccccc2C(=O)N(C)[C@@H]1c1ccccc1. The standard InChI is InChI=1S/C21H22N2O4/c1-23-19(14-8-4-3-5-9-14)18(20(25)22-13-12-17(24)27-2)15-10-6-7-11-16(15)21(23)26/h3-11,18-19H,12-13H2,1-2H3,(H,22,25)/t18-,19+/m0/s1. The Kier molecular flexibility index (Phi) is 5.54. The third kappa shape index (κ3) is 3.69. The minimum atomic E-state index is -0.566. The summed E-state index contributed by atoms with van der Waals surface area (Å²) in [5, 5.41) is 2.82. The molecule has 0 aliphatic carbocycles. The maximum absolute atomic E-state index is 13.1. The molecule has 2 atom stereocenters. The van der Waals surface area contributed by atoms with Gasteiger partial charge in [0.15, 0.2) is 0 Å². The predicted octanol–water partition coefficient (Wildman–Crippen LogP) is 2.28. The van der Waals surface area contributed by atoms with Gasteiger partial charge < -0.3 is 15.0 Å². The zero-order valence-corrected chi connectivity index (χ0v) is 15.3. The fraction of sp³-hybridized carbons (Fsp3) is 0.286. The van der Waals surface area contributed by atoms with E-state index in [-0.39, 0.29) is 30.7 Å². The number of rotatable bonds is 5. The number of amides is 2. The van der Waals surface area contributed by atoms with E-state index in [1.165, 1.54) is 7.11 Å². The maximum atomic E-state index is 13.1. The molecule has 2 amide bonds. The predicted molar refractivity (Wildman–Crippen MR) is 100 cm³/mol. The number of nitrogens with zero attached hydrogens (tertiary/aromatic N) is 1. The van der Waals surface area contributed by atoms with Crippen LogP contribution in [-0.4, -0.2) is 43.4 Å². The van der Waals surface area contributed by atoms with Gasteiger partial charge in [0.2, 0.25) is 5.91 Å². The zero-order valence-electron chi connectivity index (χ0n) is 15.3. The molecule has 0 bridgehead atoms. The van der Waals surface area contributed by atoms with Gasteiger partial charge in [-0.2, -0.15) is 0 Å². The molecule has 1 aliphatic heterocycles. The molecule has 2 aromatic rings. The summed E-state index contributed by atoms with van der Waals surface area (Å²) in [4.78, 5) is 38.8. The number of hydrogen-bond donors (Lipinski definition) is 1. The molecule has 140 valence electrons. The Hall–Kier alpha value is -3.15. The minimum absolute atomic E-state index is 0.0986. The van der Waals surface area contributed by atoms with Crippen LogP contribution in [0.25, 0.3) is 0 Å². The molecular formula is C21H22N2O4. The van der Waals surface area contributed by atoms with E-state index in [0.29, 0.717) is 11.1 Å². The highest BCUT2D eigenvalue weighted by Crippen LogP contribution is 2.41. The molecule has 0 saturated heterocycles. The molecule has 6 nitrogen and oxygen atoms in total. The number of likely N-dealkylation sites (N-methyl/N-ethyl adjacent to an activating group) is 1. The van der Waals surface area contributed by atoms with Crippen LogP contribution in [0.3, 0.4) is 0 Å². The van der Waals surface area contributed by atoms with E-state index >= 15 is 0 Å². The van der Waals surface area contributed by atoms with Crippen molar-refractivity contribution in [2.45, 2.75) is 18.4 Å². The molecular weight excluding hydrogens is 344 g/mol. The Bertz CT molecular complexity index is 850. The summed E-state index contributed by atoms with van der Waals surface area (Å²) in [7, 11) is 3.03. The first-order chi connectivity index (χ1) is 13.0. The fourth-order valence-electron chi connectivity index (χ4n) is 3.52. The lowest BCUT2D eigenvalue weighted by Crippen LogP contribution is -2.45. The van der Waals surface area contributed by atoms with Crippen molar-refractivity contribution in [2.75, 3.05) is 20.7 Å². The Balaban J connectivity index is 1.97. The molecule has 0 fully saturated rings. The molecule has 0 unspecified atom stereocenters. The smallest absolute Gasteiger partial charge is 0.307 e. The molecule has 6 heteroatoms. The highest BCUT2D eigenvalue weighted by molar-refractivity contribution is 6.01. The monoisotopic (exact) mass is 366 g/mol. The highest BCUT2D eigenvalue weighted by Gasteiger charge is 2.42. The van der Waals surface area contributed by atoms with E-state index < -0.39 is 12.0 Å². The lowest BCUT2D eigenvalue weighted by atomic mass is 9.79. The summed E-state index contributed by atoms with van der Waals surface area (Å²) in [6.07, 6.45) is 0.0986. The molecule has 0 radical (unpaired) electrons. The lowest BCUT2D eigenvalue weighted by molar-refractivity contribution is -0.140. The van der Waals surface area contributed by atoms with E-state index in [9.17, 15) is 14.4 Å². The third-order valence-corrected chi connectivity index (χ3v) is 4.86. The number of hydrogen-bond acceptors (Lipinski definition) is 4. The molecule has 0 spiro atoms. The molecule has 1 N–H and O–H groups in total. The van der Waals surface area contributed by atoms with Crippen LogP contribution in [0, 0.1) is 0 Å². The number of methoxy groups -OCH3 is 1. The second kappa shape index (κ2) is 8.03. The second-order valence-corrected chi connectivity index (χ2v) is 6.45. The van der Waals surface area contributed by atoms with E-state index in [1.807, 2.05) is 42.5 Å². The van der Waals surface area contributed by atoms with Crippen LogP contribution >= 0.6 is 0 Å². The van der Waals surface area contributed by atoms with Crippen molar-refractivity contribution >= 4 is 17.8 Å². The Morgan fingerprint density at radius 3 is 2.44 bits per heavy atom. The molecule has 3 rings (SSSR count). The van der Waals surface area contributed by atoms with Gasteiger partial charge in [0.25, 0.3) is 5.91 Å². The normalized spacial score (nSPS) is 18.6. The number of carbonyl (C=O) groups is 3. The lowest BCUT2D eigenvalue weighted by Gasteiger charge is -2.39. The number of ether oxygens (including phenoxy) is 1. The Morgan fingerprint density at radius 2 is 1.74 bits per heavy atom. The third-order valence-electron chi connectivity index (χ3n) is 4.86. The first kappa shape index (κ1) is 18.6. The Labute approximate surface area is 158 Å². The Morgan fingerprint density at radius 1 is 1.07 bits per heavy atom. The first-order valence-electron chi connectivity index (χ1n) is 8.80. The quantitative estimate of drug-likeness (QED) is 0.824. The van der Waals surface area contributed by atoms with Crippen molar-refractivity contribution in [1.29, 1.82) is 0 Å². The van der Waals surface area contributed by atoms with E-state index in [2.05, 4.69) is 10.1 Å². The van der Waals surface area contributed by atoms with Crippen molar-refractivity contribution < 1.29 is 19.1 Å². The highest BCUT2D eigenvalue weighted by atomic mass is 16.5. The fourth-order valence-corrected chi connectivity index (χ4v) is 3.52. The second-order valence-electron chi connectivity index (χ2n) is 6.45. The van der Waals surface area contributed by atoms with Crippen LogP contribution in [0.5, 0.6) is 0 Å². The van der Waals surface area contributed by atoms with Gasteiger partial charge >= 0.3 is 5.97 Å². The van der Waals surface area contributed by atoms with Crippen molar-refractivity contribution in [2.24, 2.45) is 0 Å². The number of carbonyl (C=O) groups excluding carboxylic acids is 3. The van der Waals surface area contributed by atoms with E-state index in [1.54, 1.807) is 24.1 Å². The molecule has 0 aromatic heterocycles.